The molecule has 0 aliphatic carbocycles. The van der Waals surface area contributed by atoms with Gasteiger partial charge >= 0.3 is 0 Å². The Morgan fingerprint density at radius 3 is 2.37 bits per heavy atom. The Bertz CT molecular complexity index is 680. The van der Waals surface area contributed by atoms with Crippen molar-refractivity contribution in [2.24, 2.45) is 0 Å². The number of nitrogen functional groups attached to an aromatic ring is 1. The molecule has 0 radical (unpaired) electrons. The van der Waals surface area contributed by atoms with Crippen molar-refractivity contribution in [1.82, 2.24) is 19.9 Å². The van der Waals surface area contributed by atoms with Crippen LogP contribution in [0, 0.1) is 0 Å². The lowest BCUT2D eigenvalue weighted by atomic mass is 10.1. The molecule has 0 amide bonds. The Labute approximate surface area is 110 Å². The van der Waals surface area contributed by atoms with Gasteiger partial charge in [-0.1, -0.05) is 6.07 Å². The molecule has 0 fully saturated rings. The molecule has 92 valence electrons. The van der Waals surface area contributed by atoms with E-state index in [0.717, 1.165) is 22.6 Å². The minimum atomic E-state index is 0.405. The first-order valence-corrected chi connectivity index (χ1v) is 5.78. The minimum absolute atomic E-state index is 0.405. The number of nitrogens with zero attached hydrogens (tertiary/aromatic N) is 4. The molecule has 3 aromatic rings. The number of nitrogens with two attached hydrogens (primary N) is 1. The molecule has 0 bridgehead atoms. The molecular weight excluding hydrogens is 238 g/mol. The predicted molar refractivity (Wildman–Crippen MR) is 72.9 cm³/mol. The van der Waals surface area contributed by atoms with Gasteiger partial charge in [-0.05, 0) is 24.3 Å². The second-order valence-electron chi connectivity index (χ2n) is 3.97. The molecule has 3 aromatic heterocycles. The standard InChI is InChI=1S/C14H11N5/c15-14-9-18-13(8-19-14)10-4-6-17-12(7-10)11-3-1-2-5-16-11/h1-9H,(H2,15,19). The molecule has 5 heteroatoms. The Morgan fingerprint density at radius 1 is 0.737 bits per heavy atom. The molecule has 0 spiro atoms. The summed E-state index contributed by atoms with van der Waals surface area (Å²) >= 11 is 0. The van der Waals surface area contributed by atoms with Crippen LogP contribution in [0.25, 0.3) is 22.6 Å². The van der Waals surface area contributed by atoms with Gasteiger partial charge < -0.3 is 5.73 Å². The summed E-state index contributed by atoms with van der Waals surface area (Å²) in [5.74, 6) is 0.405. The lowest BCUT2D eigenvalue weighted by molar-refractivity contribution is 1.20. The predicted octanol–water partition coefficient (Wildman–Crippen LogP) is 2.18. The fourth-order valence-electron chi connectivity index (χ4n) is 1.73. The maximum atomic E-state index is 5.53. The van der Waals surface area contributed by atoms with Crippen LogP contribution < -0.4 is 5.73 Å². The van der Waals surface area contributed by atoms with E-state index in [4.69, 9.17) is 5.73 Å². The summed E-state index contributed by atoms with van der Waals surface area (Å²) < 4.78 is 0. The first kappa shape index (κ1) is 11.3. The Balaban J connectivity index is 2.03. The van der Waals surface area contributed by atoms with Gasteiger partial charge in [-0.25, -0.2) is 4.98 Å². The quantitative estimate of drug-likeness (QED) is 0.753. The summed E-state index contributed by atoms with van der Waals surface area (Å²) in [6, 6.07) is 9.54. The van der Waals surface area contributed by atoms with Gasteiger partial charge in [-0.15, -0.1) is 0 Å². The van der Waals surface area contributed by atoms with E-state index in [0.29, 0.717) is 5.82 Å². The zero-order valence-corrected chi connectivity index (χ0v) is 10.1. The highest BCUT2D eigenvalue weighted by Gasteiger charge is 2.04. The molecule has 3 heterocycles. The van der Waals surface area contributed by atoms with Crippen molar-refractivity contribution in [2.75, 3.05) is 5.73 Å². The third-order valence-electron chi connectivity index (χ3n) is 2.65. The van der Waals surface area contributed by atoms with Crippen molar-refractivity contribution in [1.29, 1.82) is 0 Å². The van der Waals surface area contributed by atoms with Crippen molar-refractivity contribution in [3.8, 4) is 22.6 Å². The van der Waals surface area contributed by atoms with Gasteiger partial charge in [0.1, 0.15) is 5.82 Å². The van der Waals surface area contributed by atoms with Crippen molar-refractivity contribution in [3.63, 3.8) is 0 Å². The molecule has 5 nitrogen and oxygen atoms in total. The van der Waals surface area contributed by atoms with Crippen LogP contribution in [-0.4, -0.2) is 19.9 Å². The first-order chi connectivity index (χ1) is 9.33. The number of anilines is 1. The van der Waals surface area contributed by atoms with Crippen LogP contribution in [0.3, 0.4) is 0 Å². The van der Waals surface area contributed by atoms with Gasteiger partial charge in [-0.3, -0.25) is 15.0 Å². The van der Waals surface area contributed by atoms with E-state index in [2.05, 4.69) is 19.9 Å². The van der Waals surface area contributed by atoms with E-state index in [9.17, 15) is 0 Å². The Hall–Kier alpha value is -2.82. The van der Waals surface area contributed by atoms with Crippen LogP contribution in [0.5, 0.6) is 0 Å². The molecule has 0 aliphatic rings. The molecular formula is C14H11N5. The van der Waals surface area contributed by atoms with Crippen molar-refractivity contribution in [2.45, 2.75) is 0 Å². The molecule has 0 atom stereocenters. The monoisotopic (exact) mass is 249 g/mol. The normalized spacial score (nSPS) is 10.3. The second kappa shape index (κ2) is 4.81. The van der Waals surface area contributed by atoms with E-state index in [1.165, 1.54) is 6.20 Å². The van der Waals surface area contributed by atoms with E-state index >= 15 is 0 Å². The minimum Gasteiger partial charge on any atom is -0.382 e. The van der Waals surface area contributed by atoms with Crippen molar-refractivity contribution >= 4 is 5.82 Å². The summed E-state index contributed by atoms with van der Waals surface area (Å²) in [4.78, 5) is 16.9. The number of pyridine rings is 2. The van der Waals surface area contributed by atoms with Crippen molar-refractivity contribution in [3.05, 3.63) is 55.1 Å². The highest BCUT2D eigenvalue weighted by Crippen LogP contribution is 2.21. The highest BCUT2D eigenvalue weighted by molar-refractivity contribution is 5.65. The fraction of sp³-hybridized carbons (Fsp3) is 0. The molecule has 0 saturated heterocycles. The van der Waals surface area contributed by atoms with E-state index in [-0.39, 0.29) is 0 Å². The van der Waals surface area contributed by atoms with Gasteiger partial charge in [0.15, 0.2) is 0 Å². The number of rotatable bonds is 2. The summed E-state index contributed by atoms with van der Waals surface area (Å²) in [6.07, 6.45) is 6.66. The van der Waals surface area contributed by atoms with E-state index in [1.54, 1.807) is 18.6 Å². The number of hydrogen-bond donors (Lipinski definition) is 1. The molecule has 3 rings (SSSR count). The van der Waals surface area contributed by atoms with Crippen LogP contribution >= 0.6 is 0 Å². The zero-order chi connectivity index (χ0) is 13.1. The van der Waals surface area contributed by atoms with Gasteiger partial charge in [0.25, 0.3) is 0 Å². The van der Waals surface area contributed by atoms with Crippen LogP contribution in [0.1, 0.15) is 0 Å². The molecule has 2 N–H and O–H groups in total. The van der Waals surface area contributed by atoms with Gasteiger partial charge in [0.2, 0.25) is 0 Å². The average molecular weight is 249 g/mol. The van der Waals surface area contributed by atoms with E-state index < -0.39 is 0 Å². The van der Waals surface area contributed by atoms with Gasteiger partial charge in [0.05, 0.1) is 29.5 Å². The van der Waals surface area contributed by atoms with Crippen LogP contribution in [0.4, 0.5) is 5.82 Å². The number of hydrogen-bond acceptors (Lipinski definition) is 5. The lowest BCUT2D eigenvalue weighted by Crippen LogP contribution is -1.93. The molecule has 0 aromatic carbocycles. The Kier molecular flexibility index (Phi) is 2.86. The molecule has 0 saturated carbocycles. The fourth-order valence-corrected chi connectivity index (χ4v) is 1.73. The largest absolute Gasteiger partial charge is 0.382 e. The second-order valence-corrected chi connectivity index (χ2v) is 3.97. The SMILES string of the molecule is Nc1cnc(-c2ccnc(-c3ccccn3)c2)cn1. The van der Waals surface area contributed by atoms with Crippen LogP contribution in [0.15, 0.2) is 55.1 Å². The smallest absolute Gasteiger partial charge is 0.141 e. The first-order valence-electron chi connectivity index (χ1n) is 5.78. The number of aromatic nitrogens is 4. The molecule has 0 unspecified atom stereocenters. The topological polar surface area (TPSA) is 77.6 Å². The third-order valence-corrected chi connectivity index (χ3v) is 2.65. The Morgan fingerprint density at radius 2 is 1.63 bits per heavy atom. The summed E-state index contributed by atoms with van der Waals surface area (Å²) in [6.45, 7) is 0. The third kappa shape index (κ3) is 2.40. The van der Waals surface area contributed by atoms with Crippen molar-refractivity contribution < 1.29 is 0 Å². The summed E-state index contributed by atoms with van der Waals surface area (Å²) in [5, 5.41) is 0. The summed E-state index contributed by atoms with van der Waals surface area (Å²) in [5.41, 5.74) is 8.85. The van der Waals surface area contributed by atoms with Crippen LogP contribution in [-0.2, 0) is 0 Å². The van der Waals surface area contributed by atoms with Gasteiger partial charge in [-0.2, -0.15) is 0 Å². The highest BCUT2D eigenvalue weighted by atomic mass is 14.9. The molecule has 0 aliphatic heterocycles. The van der Waals surface area contributed by atoms with Crippen LogP contribution in [0.2, 0.25) is 0 Å². The lowest BCUT2D eigenvalue weighted by Gasteiger charge is -2.03. The average Bonchev–Trinajstić information content (AvgIpc) is 2.49. The van der Waals surface area contributed by atoms with Gasteiger partial charge in [0, 0.05) is 18.0 Å². The summed E-state index contributed by atoms with van der Waals surface area (Å²) in [7, 11) is 0. The maximum absolute atomic E-state index is 5.53. The zero-order valence-electron chi connectivity index (χ0n) is 10.1. The van der Waals surface area contributed by atoms with E-state index in [1.807, 2.05) is 30.3 Å². The molecule has 19 heavy (non-hydrogen) atoms. The maximum Gasteiger partial charge on any atom is 0.141 e.